The van der Waals surface area contributed by atoms with Gasteiger partial charge in [0.1, 0.15) is 10.8 Å². The van der Waals surface area contributed by atoms with Gasteiger partial charge in [0, 0.05) is 27.1 Å². The number of hydrogen-bond acceptors (Lipinski definition) is 4. The van der Waals surface area contributed by atoms with Crippen LogP contribution in [-0.4, -0.2) is 34.3 Å². The Bertz CT molecular complexity index is 440. The van der Waals surface area contributed by atoms with Crippen LogP contribution in [0, 0.1) is 6.92 Å². The maximum absolute atomic E-state index is 11.1. The van der Waals surface area contributed by atoms with Crippen LogP contribution in [0.1, 0.15) is 17.7 Å². The molecule has 94 valence electrons. The van der Waals surface area contributed by atoms with E-state index >= 15 is 0 Å². The van der Waals surface area contributed by atoms with Crippen LogP contribution in [0.4, 0.5) is 5.82 Å². The van der Waals surface area contributed by atoms with Crippen LogP contribution >= 0.6 is 12.2 Å². The fraction of sp³-hybridized carbons (Fsp3) is 0.500. The number of nitrogens with two attached hydrogens (primary N) is 1. The molecule has 1 amide bonds. The summed E-state index contributed by atoms with van der Waals surface area (Å²) in [5, 5.41) is 9.91. The van der Waals surface area contributed by atoms with Gasteiger partial charge in [-0.05, 0) is 6.92 Å². The zero-order valence-electron chi connectivity index (χ0n) is 10.2. The number of carbonyl (C=O) groups is 1. The van der Waals surface area contributed by atoms with Gasteiger partial charge in [-0.25, -0.2) is 0 Å². The second-order valence-corrected chi connectivity index (χ2v) is 4.09. The van der Waals surface area contributed by atoms with Crippen LogP contribution in [0.2, 0.25) is 0 Å². The quantitative estimate of drug-likeness (QED) is 0.640. The zero-order valence-corrected chi connectivity index (χ0v) is 11.0. The van der Waals surface area contributed by atoms with E-state index in [0.29, 0.717) is 18.0 Å². The molecule has 0 radical (unpaired) electrons. The Morgan fingerprint density at radius 3 is 2.76 bits per heavy atom. The van der Waals surface area contributed by atoms with Crippen molar-refractivity contribution in [3.63, 3.8) is 0 Å². The highest BCUT2D eigenvalue weighted by Crippen LogP contribution is 2.18. The molecule has 0 aliphatic heterocycles. The molecule has 0 atom stereocenters. The molecule has 0 saturated carbocycles. The third-order valence-electron chi connectivity index (χ3n) is 2.39. The first kappa shape index (κ1) is 13.4. The van der Waals surface area contributed by atoms with Crippen molar-refractivity contribution < 1.29 is 4.79 Å². The number of thiocarbonyl (C=S) groups is 1. The van der Waals surface area contributed by atoms with Crippen molar-refractivity contribution in [3.8, 4) is 0 Å². The molecule has 0 aliphatic rings. The van der Waals surface area contributed by atoms with Crippen molar-refractivity contribution in [2.24, 2.45) is 12.8 Å². The van der Waals surface area contributed by atoms with Gasteiger partial charge in [0.15, 0.2) is 0 Å². The first-order valence-electron chi connectivity index (χ1n) is 5.25. The summed E-state index contributed by atoms with van der Waals surface area (Å²) in [6.45, 7) is 2.35. The molecule has 0 aromatic carbocycles. The molecule has 1 heterocycles. The predicted molar refractivity (Wildman–Crippen MR) is 71.0 cm³/mol. The summed E-state index contributed by atoms with van der Waals surface area (Å²) < 4.78 is 1.67. The number of aryl methyl sites for hydroxylation is 2. The molecule has 0 unspecified atom stereocenters. The minimum atomic E-state index is -0.0201. The lowest BCUT2D eigenvalue weighted by atomic mass is 10.2. The summed E-state index contributed by atoms with van der Waals surface area (Å²) in [4.78, 5) is 11.4. The second-order valence-electron chi connectivity index (χ2n) is 3.65. The highest BCUT2D eigenvalue weighted by atomic mass is 32.1. The minimum Gasteiger partial charge on any atom is -0.389 e. The van der Waals surface area contributed by atoms with Crippen LogP contribution in [0.5, 0.6) is 0 Å². The normalized spacial score (nSPS) is 10.1. The van der Waals surface area contributed by atoms with E-state index in [1.165, 1.54) is 0 Å². The van der Waals surface area contributed by atoms with Crippen molar-refractivity contribution in [1.29, 1.82) is 0 Å². The molecular weight excluding hydrogens is 238 g/mol. The van der Waals surface area contributed by atoms with E-state index in [-0.39, 0.29) is 5.91 Å². The number of hydrogen-bond donors (Lipinski definition) is 3. The maximum Gasteiger partial charge on any atom is 0.221 e. The van der Waals surface area contributed by atoms with Crippen LogP contribution in [0.25, 0.3) is 0 Å². The van der Waals surface area contributed by atoms with Crippen molar-refractivity contribution in [3.05, 3.63) is 11.3 Å². The molecule has 0 saturated heterocycles. The van der Waals surface area contributed by atoms with Gasteiger partial charge < -0.3 is 16.4 Å². The minimum absolute atomic E-state index is 0.0201. The van der Waals surface area contributed by atoms with Crippen molar-refractivity contribution in [2.45, 2.75) is 13.3 Å². The van der Waals surface area contributed by atoms with Gasteiger partial charge >= 0.3 is 0 Å². The Kier molecular flexibility index (Phi) is 4.45. The lowest BCUT2D eigenvalue weighted by Gasteiger charge is -2.08. The van der Waals surface area contributed by atoms with Gasteiger partial charge in [0.25, 0.3) is 0 Å². The molecule has 6 nitrogen and oxygen atoms in total. The van der Waals surface area contributed by atoms with E-state index in [2.05, 4.69) is 15.7 Å². The molecule has 0 bridgehead atoms. The standard InChI is InChI=1S/C10H17N5OS/c1-6-8(9(11)17)10(15(3)14-6)13-5-4-7(16)12-2/h13H,4-5H2,1-3H3,(H2,11,17)(H,12,16). The van der Waals surface area contributed by atoms with Crippen LogP contribution < -0.4 is 16.4 Å². The third-order valence-corrected chi connectivity index (χ3v) is 2.60. The summed E-state index contributed by atoms with van der Waals surface area (Å²) >= 11 is 4.98. The van der Waals surface area contributed by atoms with Crippen molar-refractivity contribution in [1.82, 2.24) is 15.1 Å². The van der Waals surface area contributed by atoms with E-state index in [4.69, 9.17) is 18.0 Å². The van der Waals surface area contributed by atoms with Crippen LogP contribution in [0.3, 0.4) is 0 Å². The summed E-state index contributed by atoms with van der Waals surface area (Å²) in [5.41, 5.74) is 7.16. The van der Waals surface area contributed by atoms with Gasteiger partial charge in [-0.1, -0.05) is 12.2 Å². The second kappa shape index (κ2) is 5.62. The highest BCUT2D eigenvalue weighted by molar-refractivity contribution is 7.80. The molecule has 4 N–H and O–H groups in total. The lowest BCUT2D eigenvalue weighted by Crippen LogP contribution is -2.22. The molecule has 0 spiro atoms. The molecule has 1 rings (SSSR count). The topological polar surface area (TPSA) is 85.0 Å². The first-order chi connectivity index (χ1) is 7.97. The van der Waals surface area contributed by atoms with Gasteiger partial charge in [-0.2, -0.15) is 5.10 Å². The maximum atomic E-state index is 11.1. The molecule has 1 aromatic heterocycles. The van der Waals surface area contributed by atoms with Gasteiger partial charge in [0.2, 0.25) is 5.91 Å². The van der Waals surface area contributed by atoms with Gasteiger partial charge in [-0.15, -0.1) is 0 Å². The number of rotatable bonds is 5. The van der Waals surface area contributed by atoms with Crippen LogP contribution in [0.15, 0.2) is 0 Å². The summed E-state index contributed by atoms with van der Waals surface area (Å²) in [6.07, 6.45) is 0.386. The van der Waals surface area contributed by atoms with E-state index in [1.807, 2.05) is 6.92 Å². The van der Waals surface area contributed by atoms with Crippen molar-refractivity contribution >= 4 is 28.9 Å². The molecular formula is C10H17N5OS. The smallest absolute Gasteiger partial charge is 0.221 e. The Morgan fingerprint density at radius 2 is 2.24 bits per heavy atom. The Balaban J connectivity index is 2.77. The average molecular weight is 255 g/mol. The van der Waals surface area contributed by atoms with E-state index in [1.54, 1.807) is 18.8 Å². The summed E-state index contributed by atoms with van der Waals surface area (Å²) in [7, 11) is 3.41. The monoisotopic (exact) mass is 255 g/mol. The Labute approximate surface area is 106 Å². The van der Waals surface area contributed by atoms with E-state index in [9.17, 15) is 4.79 Å². The number of amides is 1. The van der Waals surface area contributed by atoms with E-state index in [0.717, 1.165) is 17.1 Å². The summed E-state index contributed by atoms with van der Waals surface area (Å²) in [6, 6.07) is 0. The number of anilines is 1. The lowest BCUT2D eigenvalue weighted by molar-refractivity contribution is -0.120. The first-order valence-corrected chi connectivity index (χ1v) is 5.66. The zero-order chi connectivity index (χ0) is 13.0. The largest absolute Gasteiger partial charge is 0.389 e. The molecule has 7 heteroatoms. The average Bonchev–Trinajstić information content (AvgIpc) is 2.53. The molecule has 0 fully saturated rings. The number of nitrogens with zero attached hydrogens (tertiary/aromatic N) is 2. The third kappa shape index (κ3) is 3.16. The number of carbonyl (C=O) groups excluding carboxylic acids is 1. The van der Waals surface area contributed by atoms with Crippen molar-refractivity contribution in [2.75, 3.05) is 18.9 Å². The molecule has 17 heavy (non-hydrogen) atoms. The predicted octanol–water partition coefficient (Wildman–Crippen LogP) is -0.0893. The number of nitrogens with one attached hydrogen (secondary N) is 2. The fourth-order valence-corrected chi connectivity index (χ4v) is 1.82. The molecule has 0 aliphatic carbocycles. The fourth-order valence-electron chi connectivity index (χ4n) is 1.58. The van der Waals surface area contributed by atoms with Gasteiger partial charge in [0.05, 0.1) is 11.3 Å². The highest BCUT2D eigenvalue weighted by Gasteiger charge is 2.15. The summed E-state index contributed by atoms with van der Waals surface area (Å²) in [5.74, 6) is 0.729. The SMILES string of the molecule is CNC(=O)CCNc1c(C(N)=S)c(C)nn1C. The number of aromatic nitrogens is 2. The Morgan fingerprint density at radius 1 is 1.59 bits per heavy atom. The Hall–Kier alpha value is -1.63. The van der Waals surface area contributed by atoms with Crippen LogP contribution in [-0.2, 0) is 11.8 Å². The van der Waals surface area contributed by atoms with Gasteiger partial charge in [-0.3, -0.25) is 9.48 Å². The molecule has 1 aromatic rings. The van der Waals surface area contributed by atoms with E-state index < -0.39 is 0 Å².